The highest BCUT2D eigenvalue weighted by atomic mass is 16.6. The van der Waals surface area contributed by atoms with Gasteiger partial charge in [-0.15, -0.1) is 0 Å². The number of aliphatic imine (C=N–C) groups is 1. The number of amides is 1. The summed E-state index contributed by atoms with van der Waals surface area (Å²) >= 11 is 0. The van der Waals surface area contributed by atoms with Crippen molar-refractivity contribution < 1.29 is 14.3 Å². The Morgan fingerprint density at radius 2 is 1.92 bits per heavy atom. The third-order valence-electron chi connectivity index (χ3n) is 6.26. The van der Waals surface area contributed by atoms with E-state index in [1.807, 2.05) is 57.3 Å². The summed E-state index contributed by atoms with van der Waals surface area (Å²) in [7, 11) is 0. The molecule has 39 heavy (non-hydrogen) atoms. The summed E-state index contributed by atoms with van der Waals surface area (Å²) in [5, 5.41) is 24.1. The van der Waals surface area contributed by atoms with Crippen LogP contribution in [-0.4, -0.2) is 71.8 Å². The number of guanidine groups is 1. The second-order valence-electron chi connectivity index (χ2n) is 10.1. The zero-order valence-corrected chi connectivity index (χ0v) is 22.2. The summed E-state index contributed by atoms with van der Waals surface area (Å²) in [6, 6.07) is 8.68. The molecule has 0 aliphatic carbocycles. The molecule has 1 fully saturated rings. The second kappa shape index (κ2) is 11.3. The fourth-order valence-corrected chi connectivity index (χ4v) is 4.41. The van der Waals surface area contributed by atoms with Gasteiger partial charge in [-0.1, -0.05) is 18.2 Å². The minimum absolute atomic E-state index is 0.0190. The number of ether oxygens (including phenoxy) is 2. The molecule has 1 saturated heterocycles. The largest absolute Gasteiger partial charge is 0.492 e. The monoisotopic (exact) mass is 532 g/mol. The summed E-state index contributed by atoms with van der Waals surface area (Å²) in [5.74, 6) is 1.04. The van der Waals surface area contributed by atoms with Crippen molar-refractivity contribution in [2.24, 2.45) is 4.99 Å². The normalized spacial score (nSPS) is 17.1. The Morgan fingerprint density at radius 1 is 1.21 bits per heavy atom. The number of carbonyl (C=O) groups is 1. The highest BCUT2D eigenvalue weighted by Gasteiger charge is 2.31. The van der Waals surface area contributed by atoms with Crippen LogP contribution >= 0.6 is 0 Å². The maximum absolute atomic E-state index is 12.3. The van der Waals surface area contributed by atoms with Crippen LogP contribution in [0.1, 0.15) is 43.5 Å². The van der Waals surface area contributed by atoms with Crippen molar-refractivity contribution in [1.29, 1.82) is 10.5 Å². The van der Waals surface area contributed by atoms with Gasteiger partial charge in [-0.05, 0) is 26.8 Å². The van der Waals surface area contributed by atoms with Crippen LogP contribution < -0.4 is 26.8 Å². The standard InChI is InChI=1S/C26H32N10O3/c1-26(2,3)39-25(37)36-10-8-35(9-11-36)12-13-38-18-7-5-4-6-16(18)21-19-20(29)17(14-27)22(30)33-23(19)34-24(32-21)31-15-28/h4-7,21H,8-13H2,1-3H3,(H6,29,30,31,32,33,34). The Morgan fingerprint density at radius 3 is 2.59 bits per heavy atom. The number of nitrogens with zero attached hydrogens (tertiary/aromatic N) is 6. The van der Waals surface area contributed by atoms with Crippen molar-refractivity contribution in [2.45, 2.75) is 32.4 Å². The van der Waals surface area contributed by atoms with Gasteiger partial charge in [0.2, 0.25) is 5.96 Å². The predicted molar refractivity (Wildman–Crippen MR) is 146 cm³/mol. The summed E-state index contributed by atoms with van der Waals surface area (Å²) in [5.41, 5.74) is 13.2. The predicted octanol–water partition coefficient (Wildman–Crippen LogP) is 1.99. The van der Waals surface area contributed by atoms with Gasteiger partial charge in [0.15, 0.2) is 6.19 Å². The number of fused-ring (bicyclic) bond motifs is 1. The molecular weight excluding hydrogens is 500 g/mol. The smallest absolute Gasteiger partial charge is 0.410 e. The topological polar surface area (TPSA) is 191 Å². The fraction of sp³-hybridized carbons (Fsp3) is 0.423. The first kappa shape index (κ1) is 27.3. The molecule has 13 heteroatoms. The molecular formula is C26H32N10O3. The molecule has 1 unspecified atom stereocenters. The number of para-hydroxylation sites is 1. The molecule has 4 rings (SSSR count). The van der Waals surface area contributed by atoms with Gasteiger partial charge in [-0.2, -0.15) is 10.5 Å². The van der Waals surface area contributed by atoms with E-state index in [9.17, 15) is 10.1 Å². The molecule has 13 nitrogen and oxygen atoms in total. The first-order valence-corrected chi connectivity index (χ1v) is 12.5. The number of nitrogen functional groups attached to an aromatic ring is 2. The van der Waals surface area contributed by atoms with Gasteiger partial charge in [0, 0.05) is 43.9 Å². The maximum Gasteiger partial charge on any atom is 0.410 e. The molecule has 1 aromatic carbocycles. The van der Waals surface area contributed by atoms with Gasteiger partial charge in [0.05, 0.1) is 5.69 Å². The van der Waals surface area contributed by atoms with Crippen LogP contribution in [0.25, 0.3) is 0 Å². The Balaban J connectivity index is 1.48. The molecule has 0 radical (unpaired) electrons. The van der Waals surface area contributed by atoms with E-state index < -0.39 is 11.6 Å². The molecule has 0 spiro atoms. The number of benzene rings is 1. The number of anilines is 3. The molecule has 1 amide bonds. The van der Waals surface area contributed by atoms with Crippen molar-refractivity contribution in [3.8, 4) is 18.0 Å². The lowest BCUT2D eigenvalue weighted by Crippen LogP contribution is -2.50. The number of nitriles is 2. The van der Waals surface area contributed by atoms with Crippen molar-refractivity contribution in [3.63, 3.8) is 0 Å². The number of rotatable bonds is 5. The van der Waals surface area contributed by atoms with Crippen molar-refractivity contribution in [2.75, 3.05) is 56.1 Å². The van der Waals surface area contributed by atoms with Crippen LogP contribution in [0.15, 0.2) is 29.3 Å². The number of aromatic nitrogens is 1. The Hall–Kier alpha value is -4.75. The van der Waals surface area contributed by atoms with Crippen LogP contribution in [0.3, 0.4) is 0 Å². The quantitative estimate of drug-likeness (QED) is 0.325. The van der Waals surface area contributed by atoms with Gasteiger partial charge < -0.3 is 31.2 Å². The average Bonchev–Trinajstić information content (AvgIpc) is 2.88. The van der Waals surface area contributed by atoms with E-state index in [1.54, 1.807) is 4.90 Å². The Bertz CT molecular complexity index is 1350. The second-order valence-corrected chi connectivity index (χ2v) is 10.1. The van der Waals surface area contributed by atoms with Crippen molar-refractivity contribution >= 4 is 29.4 Å². The van der Waals surface area contributed by atoms with E-state index in [1.165, 1.54) is 0 Å². The number of hydrogen-bond donors (Lipinski definition) is 4. The van der Waals surface area contributed by atoms with E-state index in [0.717, 1.165) is 0 Å². The lowest BCUT2D eigenvalue weighted by Gasteiger charge is -2.35. The van der Waals surface area contributed by atoms with E-state index >= 15 is 0 Å². The first-order chi connectivity index (χ1) is 18.6. The SMILES string of the molecule is CC(C)(C)OC(=O)N1CCN(CCOc2ccccc2C2N=C(NC#N)Nc3nc(N)c(C#N)c(N)c32)CC1. The molecule has 2 aromatic rings. The zero-order valence-electron chi connectivity index (χ0n) is 22.2. The summed E-state index contributed by atoms with van der Waals surface area (Å²) in [6.07, 6.45) is 1.55. The van der Waals surface area contributed by atoms with Crippen LogP contribution in [0.2, 0.25) is 0 Å². The third-order valence-corrected chi connectivity index (χ3v) is 6.26. The number of hydrogen-bond acceptors (Lipinski definition) is 12. The summed E-state index contributed by atoms with van der Waals surface area (Å²) < 4.78 is 11.7. The number of nitrogens with one attached hydrogen (secondary N) is 2. The van der Waals surface area contributed by atoms with E-state index in [-0.39, 0.29) is 29.1 Å². The molecule has 1 atom stereocenters. The summed E-state index contributed by atoms with van der Waals surface area (Å²) in [6.45, 7) is 9.19. The maximum atomic E-state index is 12.3. The Kier molecular flexibility index (Phi) is 7.93. The van der Waals surface area contributed by atoms with Crippen LogP contribution in [0.4, 0.5) is 22.1 Å². The lowest BCUT2D eigenvalue weighted by atomic mass is 9.94. The van der Waals surface area contributed by atoms with E-state index in [4.69, 9.17) is 26.2 Å². The number of pyridine rings is 1. The molecule has 1 aromatic heterocycles. The van der Waals surface area contributed by atoms with Crippen LogP contribution in [-0.2, 0) is 4.74 Å². The van der Waals surface area contributed by atoms with Gasteiger partial charge >= 0.3 is 6.09 Å². The molecule has 6 N–H and O–H groups in total. The zero-order chi connectivity index (χ0) is 28.2. The minimum atomic E-state index is -0.703. The Labute approximate surface area is 227 Å². The van der Waals surface area contributed by atoms with Crippen LogP contribution in [0.5, 0.6) is 5.75 Å². The molecule has 2 aliphatic rings. The number of nitrogens with two attached hydrogens (primary N) is 2. The first-order valence-electron chi connectivity index (χ1n) is 12.5. The van der Waals surface area contributed by atoms with E-state index in [2.05, 4.69) is 25.5 Å². The lowest BCUT2D eigenvalue weighted by molar-refractivity contribution is 0.0137. The number of piperazine rings is 1. The van der Waals surface area contributed by atoms with Gasteiger partial charge in [0.1, 0.15) is 47.3 Å². The molecule has 0 bridgehead atoms. The van der Waals surface area contributed by atoms with Gasteiger partial charge in [-0.25, -0.2) is 14.8 Å². The highest BCUT2D eigenvalue weighted by Crippen LogP contribution is 2.43. The summed E-state index contributed by atoms with van der Waals surface area (Å²) in [4.78, 5) is 25.2. The fourth-order valence-electron chi connectivity index (χ4n) is 4.41. The minimum Gasteiger partial charge on any atom is -0.492 e. The van der Waals surface area contributed by atoms with Crippen LogP contribution in [0, 0.1) is 22.8 Å². The van der Waals surface area contributed by atoms with Gasteiger partial charge in [0.25, 0.3) is 0 Å². The molecule has 204 valence electrons. The highest BCUT2D eigenvalue weighted by molar-refractivity contribution is 5.98. The average molecular weight is 533 g/mol. The molecule has 0 saturated carbocycles. The molecule has 3 heterocycles. The van der Waals surface area contributed by atoms with Crippen molar-refractivity contribution in [1.82, 2.24) is 20.1 Å². The number of carbonyl (C=O) groups excluding carboxylic acids is 1. The third kappa shape index (κ3) is 6.22. The van der Waals surface area contributed by atoms with Gasteiger partial charge in [-0.3, -0.25) is 10.2 Å². The van der Waals surface area contributed by atoms with Crippen molar-refractivity contribution in [3.05, 3.63) is 41.0 Å². The molecule has 2 aliphatic heterocycles. The van der Waals surface area contributed by atoms with E-state index in [0.29, 0.717) is 62.0 Å².